The average molecular weight is 193 g/mol. The molecule has 78 valence electrons. The van der Waals surface area contributed by atoms with Crippen LogP contribution in [0.5, 0.6) is 0 Å². The van der Waals surface area contributed by atoms with E-state index in [1.165, 1.54) is 32.1 Å². The maximum atomic E-state index is 5.53. The van der Waals surface area contributed by atoms with Crippen LogP contribution < -0.4 is 5.32 Å². The van der Waals surface area contributed by atoms with Gasteiger partial charge in [0.15, 0.2) is 0 Å². The monoisotopic (exact) mass is 193 g/mol. The third kappa shape index (κ3) is 1.81. The second kappa shape index (κ2) is 3.58. The highest BCUT2D eigenvalue weighted by Gasteiger charge is 2.45. The van der Waals surface area contributed by atoms with Crippen molar-refractivity contribution in [3.05, 3.63) is 12.3 Å². The van der Waals surface area contributed by atoms with E-state index < -0.39 is 0 Å². The first-order valence-corrected chi connectivity index (χ1v) is 5.95. The Labute approximate surface area is 85.7 Å². The lowest BCUT2D eigenvalue weighted by atomic mass is 10.1. The van der Waals surface area contributed by atoms with Crippen LogP contribution >= 0.6 is 0 Å². The number of nitrogens with one attached hydrogen (secondary N) is 1. The molecule has 2 fully saturated rings. The van der Waals surface area contributed by atoms with Crippen LogP contribution in [0.25, 0.3) is 0 Å². The van der Waals surface area contributed by atoms with E-state index >= 15 is 0 Å². The van der Waals surface area contributed by atoms with E-state index in [-0.39, 0.29) is 0 Å². The normalized spacial score (nSPS) is 44.6. The van der Waals surface area contributed by atoms with E-state index in [0.717, 1.165) is 24.4 Å². The highest BCUT2D eigenvalue weighted by Crippen LogP contribution is 2.51. The fourth-order valence-electron chi connectivity index (χ4n) is 2.91. The zero-order valence-electron chi connectivity index (χ0n) is 8.61. The second-order valence-electron chi connectivity index (χ2n) is 5.04. The predicted molar refractivity (Wildman–Crippen MR) is 55.9 cm³/mol. The Bertz CT molecular complexity index is 228. The highest BCUT2D eigenvalue weighted by molar-refractivity contribution is 4.99. The standard InChI is InChI=1S/C12H19NO/c1-2-4-14-12(3-1)8-13-11-6-9-5-10(9)7-11/h2,4,9-13H,1,3,5-8H2. The highest BCUT2D eigenvalue weighted by atomic mass is 16.5. The molecule has 2 heteroatoms. The van der Waals surface area contributed by atoms with Gasteiger partial charge in [-0.3, -0.25) is 0 Å². The van der Waals surface area contributed by atoms with Gasteiger partial charge in [-0.25, -0.2) is 0 Å². The Balaban J connectivity index is 1.39. The number of fused-ring (bicyclic) bond motifs is 1. The number of rotatable bonds is 3. The molecule has 0 aromatic heterocycles. The zero-order valence-corrected chi connectivity index (χ0v) is 8.61. The minimum absolute atomic E-state index is 0.428. The third-order valence-electron chi connectivity index (χ3n) is 3.90. The van der Waals surface area contributed by atoms with Crippen molar-refractivity contribution < 1.29 is 4.74 Å². The van der Waals surface area contributed by atoms with Gasteiger partial charge < -0.3 is 10.1 Å². The summed E-state index contributed by atoms with van der Waals surface area (Å²) in [6, 6.07) is 0.799. The molecule has 3 aliphatic rings. The van der Waals surface area contributed by atoms with E-state index in [0.29, 0.717) is 6.10 Å². The van der Waals surface area contributed by atoms with Crippen molar-refractivity contribution in [3.8, 4) is 0 Å². The van der Waals surface area contributed by atoms with Crippen molar-refractivity contribution in [2.45, 2.75) is 44.2 Å². The van der Waals surface area contributed by atoms with E-state index in [2.05, 4.69) is 11.4 Å². The summed E-state index contributed by atoms with van der Waals surface area (Å²) in [5, 5.41) is 3.65. The van der Waals surface area contributed by atoms with E-state index in [9.17, 15) is 0 Å². The van der Waals surface area contributed by atoms with Gasteiger partial charge in [-0.15, -0.1) is 0 Å². The Morgan fingerprint density at radius 3 is 2.79 bits per heavy atom. The molecule has 0 saturated heterocycles. The summed E-state index contributed by atoms with van der Waals surface area (Å²) in [5.74, 6) is 2.17. The van der Waals surface area contributed by atoms with Gasteiger partial charge in [0.2, 0.25) is 0 Å². The molecular weight excluding hydrogens is 174 g/mol. The Kier molecular flexibility index (Phi) is 2.24. The second-order valence-corrected chi connectivity index (χ2v) is 5.04. The van der Waals surface area contributed by atoms with Crippen molar-refractivity contribution in [3.63, 3.8) is 0 Å². The van der Waals surface area contributed by atoms with Gasteiger partial charge in [-0.2, -0.15) is 0 Å². The Morgan fingerprint density at radius 1 is 1.21 bits per heavy atom. The van der Waals surface area contributed by atoms with E-state index in [1.54, 1.807) is 0 Å². The maximum absolute atomic E-state index is 5.53. The summed E-state index contributed by atoms with van der Waals surface area (Å²) in [7, 11) is 0. The molecule has 0 spiro atoms. The molecule has 0 aromatic carbocycles. The summed E-state index contributed by atoms with van der Waals surface area (Å²) >= 11 is 0. The van der Waals surface area contributed by atoms with E-state index in [1.807, 2.05) is 6.26 Å². The van der Waals surface area contributed by atoms with Crippen LogP contribution in [0.15, 0.2) is 12.3 Å². The molecule has 0 bridgehead atoms. The molecule has 0 radical (unpaired) electrons. The van der Waals surface area contributed by atoms with E-state index in [4.69, 9.17) is 4.74 Å². The summed E-state index contributed by atoms with van der Waals surface area (Å²) in [5.41, 5.74) is 0. The van der Waals surface area contributed by atoms with Crippen LogP contribution in [-0.4, -0.2) is 18.7 Å². The van der Waals surface area contributed by atoms with Gasteiger partial charge in [0.1, 0.15) is 6.10 Å². The van der Waals surface area contributed by atoms with Crippen molar-refractivity contribution in [1.82, 2.24) is 5.32 Å². The van der Waals surface area contributed by atoms with Crippen LogP contribution in [0, 0.1) is 11.8 Å². The number of ether oxygens (including phenoxy) is 1. The molecule has 1 N–H and O–H groups in total. The smallest absolute Gasteiger partial charge is 0.110 e. The topological polar surface area (TPSA) is 21.3 Å². The first-order chi connectivity index (χ1) is 6.92. The van der Waals surface area contributed by atoms with Crippen molar-refractivity contribution in [2.24, 2.45) is 11.8 Å². The van der Waals surface area contributed by atoms with Crippen LogP contribution in [0.3, 0.4) is 0 Å². The van der Waals surface area contributed by atoms with Gasteiger partial charge >= 0.3 is 0 Å². The zero-order chi connectivity index (χ0) is 9.38. The van der Waals surface area contributed by atoms with Gasteiger partial charge in [-0.1, -0.05) is 0 Å². The minimum Gasteiger partial charge on any atom is -0.497 e. The molecule has 3 atom stereocenters. The maximum Gasteiger partial charge on any atom is 0.110 e. The molecule has 1 heterocycles. The number of hydrogen-bond donors (Lipinski definition) is 1. The Morgan fingerprint density at radius 2 is 2.07 bits per heavy atom. The molecule has 0 aromatic rings. The molecular formula is C12H19NO. The number of hydrogen-bond acceptors (Lipinski definition) is 2. The lowest BCUT2D eigenvalue weighted by molar-refractivity contribution is 0.119. The third-order valence-corrected chi connectivity index (χ3v) is 3.90. The average Bonchev–Trinajstić information content (AvgIpc) is 2.85. The van der Waals surface area contributed by atoms with Crippen LogP contribution in [0.4, 0.5) is 0 Å². The lowest BCUT2D eigenvalue weighted by Gasteiger charge is -2.22. The summed E-state index contributed by atoms with van der Waals surface area (Å²) in [6.45, 7) is 1.05. The molecule has 3 unspecified atom stereocenters. The molecule has 3 rings (SSSR count). The van der Waals surface area contributed by atoms with Crippen molar-refractivity contribution >= 4 is 0 Å². The van der Waals surface area contributed by atoms with Gasteiger partial charge in [0, 0.05) is 12.6 Å². The molecule has 2 nitrogen and oxygen atoms in total. The predicted octanol–water partition coefficient (Wildman–Crippen LogP) is 2.07. The van der Waals surface area contributed by atoms with Gasteiger partial charge in [0.05, 0.1) is 6.26 Å². The SMILES string of the molecule is C1=COC(CNC2CC3CC3C2)CC1. The molecule has 1 aliphatic heterocycles. The lowest BCUT2D eigenvalue weighted by Crippen LogP contribution is -2.35. The summed E-state index contributed by atoms with van der Waals surface area (Å²) in [6.07, 6.45) is 11.1. The van der Waals surface area contributed by atoms with Gasteiger partial charge in [0.25, 0.3) is 0 Å². The molecule has 0 amide bonds. The van der Waals surface area contributed by atoms with Crippen molar-refractivity contribution in [1.29, 1.82) is 0 Å². The van der Waals surface area contributed by atoms with Crippen molar-refractivity contribution in [2.75, 3.05) is 6.54 Å². The quantitative estimate of drug-likeness (QED) is 0.741. The van der Waals surface area contributed by atoms with Crippen LogP contribution in [-0.2, 0) is 4.74 Å². The molecule has 2 saturated carbocycles. The van der Waals surface area contributed by atoms with Crippen LogP contribution in [0.2, 0.25) is 0 Å². The first-order valence-electron chi connectivity index (χ1n) is 5.95. The first kappa shape index (κ1) is 8.78. The largest absolute Gasteiger partial charge is 0.497 e. The summed E-state index contributed by atoms with van der Waals surface area (Å²) in [4.78, 5) is 0. The molecule has 14 heavy (non-hydrogen) atoms. The fraction of sp³-hybridized carbons (Fsp3) is 0.833. The summed E-state index contributed by atoms with van der Waals surface area (Å²) < 4.78 is 5.53. The Hall–Kier alpha value is -0.500. The molecule has 2 aliphatic carbocycles. The number of allylic oxidation sites excluding steroid dienone is 1. The van der Waals surface area contributed by atoms with Gasteiger partial charge in [-0.05, 0) is 50.0 Å². The fourth-order valence-corrected chi connectivity index (χ4v) is 2.91. The minimum atomic E-state index is 0.428. The van der Waals surface area contributed by atoms with Crippen LogP contribution in [0.1, 0.15) is 32.1 Å².